The average Bonchev–Trinajstić information content (AvgIpc) is 3.02. The minimum Gasteiger partial charge on any atom is -0.378 e. The number of nitrogens with zero attached hydrogens (tertiary/aromatic N) is 4. The molecule has 2 heterocycles. The first-order valence-electron chi connectivity index (χ1n) is 8.22. The van der Waals surface area contributed by atoms with Crippen LogP contribution in [0.5, 0.6) is 0 Å². The summed E-state index contributed by atoms with van der Waals surface area (Å²) in [5.74, 6) is 3.26. The maximum absolute atomic E-state index is 5.18. The second kappa shape index (κ2) is 7.05. The highest BCUT2D eigenvalue weighted by molar-refractivity contribution is 5.44. The van der Waals surface area contributed by atoms with Crippen LogP contribution in [-0.4, -0.2) is 33.2 Å². The molecule has 3 rings (SSSR count). The van der Waals surface area contributed by atoms with E-state index in [1.165, 1.54) is 38.4 Å². The van der Waals surface area contributed by atoms with Crippen molar-refractivity contribution >= 4 is 11.6 Å². The number of anilines is 1. The summed E-state index contributed by atoms with van der Waals surface area (Å²) in [5, 5.41) is 7.79. The molecule has 1 fully saturated rings. The standard InChI is InChI=1S/C16H25N5O/c1-3-12-4-6-13(7-5-12)9-17-15-8-14(10-22-2)20-16-18-11-19-21(15)16/h8,11-13,17H,3-7,9-10H2,1-2H3. The SMILES string of the molecule is CCC1CCC(CNc2cc(COC)nc3ncnn23)CC1. The molecule has 2 aromatic heterocycles. The smallest absolute Gasteiger partial charge is 0.254 e. The Bertz CT molecular complexity index is 604. The Kier molecular flexibility index (Phi) is 4.87. The molecular formula is C16H25N5O. The highest BCUT2D eigenvalue weighted by Crippen LogP contribution is 2.30. The van der Waals surface area contributed by atoms with Gasteiger partial charge in [-0.2, -0.15) is 14.6 Å². The lowest BCUT2D eigenvalue weighted by atomic mass is 9.81. The van der Waals surface area contributed by atoms with Gasteiger partial charge in [-0.1, -0.05) is 26.2 Å². The summed E-state index contributed by atoms with van der Waals surface area (Å²) < 4.78 is 6.94. The molecule has 1 N–H and O–H groups in total. The molecule has 0 aliphatic heterocycles. The summed E-state index contributed by atoms with van der Waals surface area (Å²) >= 11 is 0. The van der Waals surface area contributed by atoms with E-state index in [-0.39, 0.29) is 0 Å². The molecule has 1 aliphatic rings. The largest absolute Gasteiger partial charge is 0.378 e. The third-order valence-electron chi connectivity index (χ3n) is 4.71. The first-order chi connectivity index (χ1) is 10.8. The van der Waals surface area contributed by atoms with Crippen molar-refractivity contribution in [3.63, 3.8) is 0 Å². The van der Waals surface area contributed by atoms with Crippen molar-refractivity contribution in [1.29, 1.82) is 0 Å². The fourth-order valence-corrected chi connectivity index (χ4v) is 3.30. The monoisotopic (exact) mass is 303 g/mol. The van der Waals surface area contributed by atoms with E-state index in [2.05, 4.69) is 27.3 Å². The predicted octanol–water partition coefficient (Wildman–Crippen LogP) is 2.90. The van der Waals surface area contributed by atoms with Crippen LogP contribution in [-0.2, 0) is 11.3 Å². The minimum absolute atomic E-state index is 0.486. The van der Waals surface area contributed by atoms with Crippen LogP contribution in [0.15, 0.2) is 12.4 Å². The van der Waals surface area contributed by atoms with Crippen LogP contribution >= 0.6 is 0 Å². The molecule has 0 amide bonds. The highest BCUT2D eigenvalue weighted by atomic mass is 16.5. The van der Waals surface area contributed by atoms with Gasteiger partial charge in [0, 0.05) is 19.7 Å². The third kappa shape index (κ3) is 3.38. The van der Waals surface area contributed by atoms with Gasteiger partial charge in [-0.05, 0) is 24.7 Å². The Morgan fingerprint density at radius 1 is 1.27 bits per heavy atom. The summed E-state index contributed by atoms with van der Waals surface area (Å²) in [6, 6.07) is 2.00. The molecule has 2 aromatic rings. The zero-order valence-electron chi connectivity index (χ0n) is 13.5. The summed E-state index contributed by atoms with van der Waals surface area (Å²) in [6.07, 6.45) is 8.24. The Morgan fingerprint density at radius 3 is 2.77 bits per heavy atom. The van der Waals surface area contributed by atoms with Crippen LogP contribution in [0.1, 0.15) is 44.7 Å². The van der Waals surface area contributed by atoms with Crippen molar-refractivity contribution in [2.75, 3.05) is 19.0 Å². The molecule has 6 nitrogen and oxygen atoms in total. The third-order valence-corrected chi connectivity index (χ3v) is 4.71. The highest BCUT2D eigenvalue weighted by Gasteiger charge is 2.20. The van der Waals surface area contributed by atoms with E-state index in [9.17, 15) is 0 Å². The van der Waals surface area contributed by atoms with Crippen molar-refractivity contribution in [3.05, 3.63) is 18.1 Å². The molecule has 0 spiro atoms. The van der Waals surface area contributed by atoms with Gasteiger partial charge in [-0.25, -0.2) is 4.98 Å². The number of hydrogen-bond acceptors (Lipinski definition) is 5. The second-order valence-corrected chi connectivity index (χ2v) is 6.21. The molecular weight excluding hydrogens is 278 g/mol. The van der Waals surface area contributed by atoms with Gasteiger partial charge in [0.15, 0.2) is 0 Å². The lowest BCUT2D eigenvalue weighted by molar-refractivity contribution is 0.181. The molecule has 1 saturated carbocycles. The van der Waals surface area contributed by atoms with E-state index in [0.29, 0.717) is 12.4 Å². The number of hydrogen-bond donors (Lipinski definition) is 1. The van der Waals surface area contributed by atoms with Crippen molar-refractivity contribution < 1.29 is 4.74 Å². The molecule has 0 aromatic carbocycles. The van der Waals surface area contributed by atoms with Gasteiger partial charge in [0.2, 0.25) is 0 Å². The molecule has 0 unspecified atom stereocenters. The van der Waals surface area contributed by atoms with Crippen LogP contribution in [0, 0.1) is 11.8 Å². The molecule has 22 heavy (non-hydrogen) atoms. The predicted molar refractivity (Wildman–Crippen MR) is 85.7 cm³/mol. The molecule has 120 valence electrons. The maximum atomic E-state index is 5.18. The lowest BCUT2D eigenvalue weighted by Gasteiger charge is -2.28. The van der Waals surface area contributed by atoms with Gasteiger partial charge >= 0.3 is 0 Å². The molecule has 0 atom stereocenters. The van der Waals surface area contributed by atoms with Gasteiger partial charge in [0.1, 0.15) is 12.1 Å². The fourth-order valence-electron chi connectivity index (χ4n) is 3.30. The molecule has 0 radical (unpaired) electrons. The normalized spacial score (nSPS) is 22.1. The number of methoxy groups -OCH3 is 1. The van der Waals surface area contributed by atoms with E-state index < -0.39 is 0 Å². The van der Waals surface area contributed by atoms with Crippen LogP contribution in [0.4, 0.5) is 5.82 Å². The average molecular weight is 303 g/mol. The molecule has 6 heteroatoms. The van der Waals surface area contributed by atoms with E-state index in [1.54, 1.807) is 11.6 Å². The second-order valence-electron chi connectivity index (χ2n) is 6.21. The van der Waals surface area contributed by atoms with Crippen molar-refractivity contribution in [2.24, 2.45) is 11.8 Å². The van der Waals surface area contributed by atoms with Crippen molar-refractivity contribution in [3.8, 4) is 0 Å². The van der Waals surface area contributed by atoms with Crippen molar-refractivity contribution in [2.45, 2.75) is 45.6 Å². The summed E-state index contributed by atoms with van der Waals surface area (Å²) in [4.78, 5) is 8.61. The molecule has 0 saturated heterocycles. The quantitative estimate of drug-likeness (QED) is 0.889. The number of fused-ring (bicyclic) bond motifs is 1. The van der Waals surface area contributed by atoms with E-state index in [1.807, 2.05) is 6.07 Å². The van der Waals surface area contributed by atoms with Crippen LogP contribution < -0.4 is 5.32 Å². The zero-order chi connectivity index (χ0) is 15.4. The summed E-state index contributed by atoms with van der Waals surface area (Å²) in [7, 11) is 1.68. The minimum atomic E-state index is 0.486. The van der Waals surface area contributed by atoms with Gasteiger partial charge < -0.3 is 10.1 Å². The first-order valence-corrected chi connectivity index (χ1v) is 8.22. The Labute approximate surface area is 131 Å². The molecule has 0 bridgehead atoms. The lowest BCUT2D eigenvalue weighted by Crippen LogP contribution is -2.22. The van der Waals surface area contributed by atoms with Crippen LogP contribution in [0.3, 0.4) is 0 Å². The summed E-state index contributed by atoms with van der Waals surface area (Å²) in [5.41, 5.74) is 0.875. The van der Waals surface area contributed by atoms with Crippen LogP contribution in [0.2, 0.25) is 0 Å². The first kappa shape index (κ1) is 15.2. The summed E-state index contributed by atoms with van der Waals surface area (Å²) in [6.45, 7) is 3.78. The number of rotatable bonds is 6. The maximum Gasteiger partial charge on any atom is 0.254 e. The zero-order valence-corrected chi connectivity index (χ0v) is 13.5. The number of nitrogens with one attached hydrogen (secondary N) is 1. The van der Waals surface area contributed by atoms with E-state index in [4.69, 9.17) is 4.74 Å². The van der Waals surface area contributed by atoms with Crippen molar-refractivity contribution in [1.82, 2.24) is 19.6 Å². The van der Waals surface area contributed by atoms with E-state index in [0.717, 1.165) is 29.9 Å². The van der Waals surface area contributed by atoms with Gasteiger partial charge in [0.05, 0.1) is 12.3 Å². The van der Waals surface area contributed by atoms with Crippen LogP contribution in [0.25, 0.3) is 5.78 Å². The topological polar surface area (TPSA) is 64.3 Å². The Balaban J connectivity index is 1.67. The molecule has 1 aliphatic carbocycles. The fraction of sp³-hybridized carbons (Fsp3) is 0.688. The van der Waals surface area contributed by atoms with E-state index >= 15 is 0 Å². The Morgan fingerprint density at radius 2 is 2.05 bits per heavy atom. The van der Waals surface area contributed by atoms with Gasteiger partial charge in [0.25, 0.3) is 5.78 Å². The number of ether oxygens (including phenoxy) is 1. The van der Waals surface area contributed by atoms with Gasteiger partial charge in [-0.15, -0.1) is 0 Å². The Hall–Kier alpha value is -1.69. The van der Waals surface area contributed by atoms with Gasteiger partial charge in [-0.3, -0.25) is 0 Å². The number of aromatic nitrogens is 4.